The first-order valence-corrected chi connectivity index (χ1v) is 4.80. The number of carbonyl (C=O) groups excluding carboxylic acids is 1. The standard InChI is InChI=1S/C10H13NO3/c1-8-6-10(13-4-5-14-10)3-2-9(8)11-7-12/h2-6H2,1H3. The topological polar surface area (TPSA) is 47.9 Å². The van der Waals surface area contributed by atoms with Crippen LogP contribution >= 0.6 is 0 Å². The van der Waals surface area contributed by atoms with Gasteiger partial charge in [-0.05, 0) is 18.9 Å². The summed E-state index contributed by atoms with van der Waals surface area (Å²) >= 11 is 0. The van der Waals surface area contributed by atoms with Crippen LogP contribution in [0.1, 0.15) is 26.2 Å². The number of ether oxygens (including phenoxy) is 2. The molecule has 4 heteroatoms. The molecule has 2 rings (SSSR count). The van der Waals surface area contributed by atoms with E-state index in [1.807, 2.05) is 6.92 Å². The summed E-state index contributed by atoms with van der Waals surface area (Å²) in [5, 5.41) is 0. The SMILES string of the molecule is CC1=C(N=C=O)CCC2(C1)OCCO2. The summed E-state index contributed by atoms with van der Waals surface area (Å²) in [4.78, 5) is 13.8. The number of hydrogen-bond acceptors (Lipinski definition) is 4. The van der Waals surface area contributed by atoms with Crippen molar-refractivity contribution >= 4 is 6.08 Å². The molecule has 1 fully saturated rings. The van der Waals surface area contributed by atoms with Gasteiger partial charge in [0.1, 0.15) is 0 Å². The Hall–Kier alpha value is -0.960. The third-order valence-electron chi connectivity index (χ3n) is 2.76. The van der Waals surface area contributed by atoms with E-state index in [0.29, 0.717) is 19.6 Å². The molecule has 76 valence electrons. The van der Waals surface area contributed by atoms with Crippen LogP contribution in [-0.4, -0.2) is 25.1 Å². The number of aliphatic imine (C=N–C) groups is 1. The predicted molar refractivity (Wildman–Crippen MR) is 49.3 cm³/mol. The van der Waals surface area contributed by atoms with E-state index in [-0.39, 0.29) is 0 Å². The summed E-state index contributed by atoms with van der Waals surface area (Å²) in [5.74, 6) is -0.425. The van der Waals surface area contributed by atoms with Crippen molar-refractivity contribution in [1.82, 2.24) is 0 Å². The Morgan fingerprint density at radius 2 is 2.14 bits per heavy atom. The van der Waals surface area contributed by atoms with E-state index in [4.69, 9.17) is 9.47 Å². The Kier molecular flexibility index (Phi) is 2.50. The van der Waals surface area contributed by atoms with Crippen molar-refractivity contribution in [2.24, 2.45) is 4.99 Å². The summed E-state index contributed by atoms with van der Waals surface area (Å²) in [6, 6.07) is 0. The van der Waals surface area contributed by atoms with Crippen LogP contribution in [-0.2, 0) is 14.3 Å². The van der Waals surface area contributed by atoms with Crippen molar-refractivity contribution in [3.8, 4) is 0 Å². The second-order valence-corrected chi connectivity index (χ2v) is 3.71. The summed E-state index contributed by atoms with van der Waals surface area (Å²) in [6.45, 7) is 3.29. The molecule has 0 aromatic rings. The van der Waals surface area contributed by atoms with Crippen molar-refractivity contribution in [2.45, 2.75) is 32.0 Å². The molecule has 0 unspecified atom stereocenters. The van der Waals surface area contributed by atoms with Crippen LogP contribution in [0, 0.1) is 0 Å². The number of isocyanates is 1. The number of allylic oxidation sites excluding steroid dienone is 1. The largest absolute Gasteiger partial charge is 0.347 e. The van der Waals surface area contributed by atoms with Crippen molar-refractivity contribution in [1.29, 1.82) is 0 Å². The Labute approximate surface area is 82.6 Å². The first kappa shape index (κ1) is 9.59. The van der Waals surface area contributed by atoms with Gasteiger partial charge in [0.2, 0.25) is 6.08 Å². The molecule has 0 N–H and O–H groups in total. The maximum atomic E-state index is 10.1. The van der Waals surface area contributed by atoms with Gasteiger partial charge < -0.3 is 9.47 Å². The normalized spacial score (nSPS) is 25.2. The Balaban J connectivity index is 2.17. The summed E-state index contributed by atoms with van der Waals surface area (Å²) in [5.41, 5.74) is 1.91. The maximum absolute atomic E-state index is 10.1. The van der Waals surface area contributed by atoms with Gasteiger partial charge in [-0.1, -0.05) is 0 Å². The monoisotopic (exact) mass is 195 g/mol. The fourth-order valence-corrected chi connectivity index (χ4v) is 2.07. The molecule has 0 atom stereocenters. The van der Waals surface area contributed by atoms with Gasteiger partial charge in [-0.2, -0.15) is 4.99 Å². The van der Waals surface area contributed by atoms with E-state index in [1.165, 1.54) is 0 Å². The fraction of sp³-hybridized carbons (Fsp3) is 0.700. The smallest absolute Gasteiger partial charge is 0.240 e. The molecule has 4 nitrogen and oxygen atoms in total. The molecule has 14 heavy (non-hydrogen) atoms. The molecule has 0 radical (unpaired) electrons. The molecule has 1 spiro atoms. The molecule has 0 aromatic heterocycles. The third-order valence-corrected chi connectivity index (χ3v) is 2.76. The fourth-order valence-electron chi connectivity index (χ4n) is 2.07. The first-order valence-electron chi connectivity index (χ1n) is 4.80. The molecule has 1 saturated heterocycles. The predicted octanol–water partition coefficient (Wildman–Crippen LogP) is 1.52. The number of rotatable bonds is 1. The van der Waals surface area contributed by atoms with Gasteiger partial charge in [-0.3, -0.25) is 0 Å². The summed E-state index contributed by atoms with van der Waals surface area (Å²) < 4.78 is 11.2. The highest BCUT2D eigenvalue weighted by Crippen LogP contribution is 2.38. The molecule has 2 aliphatic rings. The van der Waals surface area contributed by atoms with Crippen molar-refractivity contribution in [2.75, 3.05) is 13.2 Å². The van der Waals surface area contributed by atoms with Crippen LogP contribution in [0.25, 0.3) is 0 Å². The van der Waals surface area contributed by atoms with Gasteiger partial charge >= 0.3 is 0 Å². The van der Waals surface area contributed by atoms with E-state index < -0.39 is 5.79 Å². The summed E-state index contributed by atoms with van der Waals surface area (Å²) in [6.07, 6.45) is 3.82. The van der Waals surface area contributed by atoms with E-state index in [1.54, 1.807) is 6.08 Å². The van der Waals surface area contributed by atoms with Crippen molar-refractivity contribution in [3.63, 3.8) is 0 Å². The highest BCUT2D eigenvalue weighted by atomic mass is 16.7. The zero-order chi connectivity index (χ0) is 10.0. The van der Waals surface area contributed by atoms with Crippen LogP contribution < -0.4 is 0 Å². The van der Waals surface area contributed by atoms with Crippen LogP contribution in [0.15, 0.2) is 16.3 Å². The Morgan fingerprint density at radius 1 is 1.43 bits per heavy atom. The second kappa shape index (κ2) is 3.65. The maximum Gasteiger partial charge on any atom is 0.240 e. The van der Waals surface area contributed by atoms with Gasteiger partial charge in [0.05, 0.1) is 18.9 Å². The zero-order valence-corrected chi connectivity index (χ0v) is 8.21. The van der Waals surface area contributed by atoms with Crippen LogP contribution in [0.5, 0.6) is 0 Å². The molecular formula is C10H13NO3. The van der Waals surface area contributed by atoms with E-state index >= 15 is 0 Å². The molecule has 1 aliphatic heterocycles. The Morgan fingerprint density at radius 3 is 2.71 bits per heavy atom. The lowest BCUT2D eigenvalue weighted by Crippen LogP contribution is -2.33. The van der Waals surface area contributed by atoms with E-state index in [2.05, 4.69) is 4.99 Å². The number of nitrogens with zero attached hydrogens (tertiary/aromatic N) is 1. The van der Waals surface area contributed by atoms with Crippen LogP contribution in [0.3, 0.4) is 0 Å². The van der Waals surface area contributed by atoms with Gasteiger partial charge in [-0.25, -0.2) is 4.79 Å². The average Bonchev–Trinajstić information content (AvgIpc) is 2.59. The van der Waals surface area contributed by atoms with Crippen LogP contribution in [0.2, 0.25) is 0 Å². The van der Waals surface area contributed by atoms with Gasteiger partial charge in [-0.15, -0.1) is 0 Å². The lowest BCUT2D eigenvalue weighted by molar-refractivity contribution is -0.163. The van der Waals surface area contributed by atoms with Crippen LogP contribution in [0.4, 0.5) is 0 Å². The molecule has 0 saturated carbocycles. The van der Waals surface area contributed by atoms with Gasteiger partial charge in [0.15, 0.2) is 5.79 Å². The number of hydrogen-bond donors (Lipinski definition) is 0. The second-order valence-electron chi connectivity index (χ2n) is 3.71. The molecule has 0 bridgehead atoms. The first-order chi connectivity index (χ1) is 6.76. The minimum atomic E-state index is -0.425. The minimum absolute atomic E-state index is 0.425. The molecular weight excluding hydrogens is 182 g/mol. The molecule has 1 aliphatic carbocycles. The van der Waals surface area contributed by atoms with E-state index in [9.17, 15) is 4.79 Å². The highest BCUT2D eigenvalue weighted by Gasteiger charge is 2.39. The minimum Gasteiger partial charge on any atom is -0.347 e. The molecule has 1 heterocycles. The lowest BCUT2D eigenvalue weighted by atomic mass is 9.92. The highest BCUT2D eigenvalue weighted by molar-refractivity contribution is 5.38. The molecule has 0 amide bonds. The van der Waals surface area contributed by atoms with Crippen molar-refractivity contribution < 1.29 is 14.3 Å². The average molecular weight is 195 g/mol. The zero-order valence-electron chi connectivity index (χ0n) is 8.21. The third kappa shape index (κ3) is 1.64. The van der Waals surface area contributed by atoms with E-state index in [0.717, 1.165) is 24.1 Å². The quantitative estimate of drug-likeness (QED) is 0.471. The lowest BCUT2D eigenvalue weighted by Gasteiger charge is -2.31. The Bertz CT molecular complexity index is 309. The van der Waals surface area contributed by atoms with Gasteiger partial charge in [0, 0.05) is 12.8 Å². The summed E-state index contributed by atoms with van der Waals surface area (Å²) in [7, 11) is 0. The molecule has 0 aromatic carbocycles. The van der Waals surface area contributed by atoms with Gasteiger partial charge in [0.25, 0.3) is 0 Å². The van der Waals surface area contributed by atoms with Crippen molar-refractivity contribution in [3.05, 3.63) is 11.3 Å².